The highest BCUT2D eigenvalue weighted by Gasteiger charge is 2.17. The van der Waals surface area contributed by atoms with Gasteiger partial charge in [-0.2, -0.15) is 0 Å². The molecule has 0 atom stereocenters. The third-order valence-corrected chi connectivity index (χ3v) is 2.85. The van der Waals surface area contributed by atoms with Crippen LogP contribution in [0.2, 0.25) is 0 Å². The van der Waals surface area contributed by atoms with E-state index in [4.69, 9.17) is 15.3 Å². The van der Waals surface area contributed by atoms with E-state index in [1.54, 1.807) is 23.2 Å². The number of nitrogens with zero attached hydrogens (tertiary/aromatic N) is 2. The molecular formula is C14H24N4O3. The van der Waals surface area contributed by atoms with Crippen LogP contribution in [-0.2, 0) is 9.47 Å². The summed E-state index contributed by atoms with van der Waals surface area (Å²) < 4.78 is 10.6. The Kier molecular flexibility index (Phi) is 8.34. The van der Waals surface area contributed by atoms with E-state index in [2.05, 4.69) is 10.4 Å². The van der Waals surface area contributed by atoms with Crippen LogP contribution >= 0.6 is 0 Å². The van der Waals surface area contributed by atoms with Crippen molar-refractivity contribution in [2.24, 2.45) is 5.84 Å². The molecule has 0 spiro atoms. The molecule has 0 aromatic carbocycles. The second-order valence-electron chi connectivity index (χ2n) is 4.26. The molecule has 7 nitrogen and oxygen atoms in total. The number of pyridine rings is 1. The molecule has 0 saturated carbocycles. The number of amides is 1. The molecule has 1 aromatic rings. The van der Waals surface area contributed by atoms with Gasteiger partial charge in [0.15, 0.2) is 0 Å². The molecule has 1 amide bonds. The van der Waals surface area contributed by atoms with Crippen molar-refractivity contribution in [3.05, 3.63) is 24.0 Å². The second kappa shape index (κ2) is 10.1. The summed E-state index contributed by atoms with van der Waals surface area (Å²) in [5.41, 5.74) is 3.49. The highest BCUT2D eigenvalue weighted by atomic mass is 16.5. The van der Waals surface area contributed by atoms with Gasteiger partial charge < -0.3 is 19.8 Å². The first-order valence-electron chi connectivity index (χ1n) is 7.10. The van der Waals surface area contributed by atoms with Crippen LogP contribution in [-0.4, -0.2) is 55.3 Å². The van der Waals surface area contributed by atoms with E-state index in [0.29, 0.717) is 50.9 Å². The smallest absolute Gasteiger partial charge is 0.272 e. The van der Waals surface area contributed by atoms with Crippen molar-refractivity contribution in [2.75, 3.05) is 44.9 Å². The summed E-state index contributed by atoms with van der Waals surface area (Å²) in [7, 11) is 0. The molecule has 3 N–H and O–H groups in total. The number of anilines is 1. The van der Waals surface area contributed by atoms with Crippen LogP contribution in [0.4, 0.5) is 5.69 Å². The van der Waals surface area contributed by atoms with Gasteiger partial charge in [0.1, 0.15) is 5.69 Å². The number of nitrogens with one attached hydrogen (secondary N) is 1. The number of aromatic nitrogens is 1. The third-order valence-electron chi connectivity index (χ3n) is 2.85. The summed E-state index contributed by atoms with van der Waals surface area (Å²) >= 11 is 0. The van der Waals surface area contributed by atoms with Crippen LogP contribution in [0.25, 0.3) is 0 Å². The number of rotatable bonds is 10. The highest BCUT2D eigenvalue weighted by molar-refractivity contribution is 5.93. The van der Waals surface area contributed by atoms with Gasteiger partial charge in [-0.15, -0.1) is 0 Å². The molecule has 1 heterocycles. The number of nitrogens with two attached hydrogens (primary N) is 1. The summed E-state index contributed by atoms with van der Waals surface area (Å²) in [6.07, 6.45) is 1.55. The van der Waals surface area contributed by atoms with Gasteiger partial charge in [0, 0.05) is 32.5 Å². The van der Waals surface area contributed by atoms with E-state index >= 15 is 0 Å². The fraction of sp³-hybridized carbons (Fsp3) is 0.571. The van der Waals surface area contributed by atoms with Gasteiger partial charge in [-0.05, 0) is 26.0 Å². The van der Waals surface area contributed by atoms with Crippen LogP contribution in [0, 0.1) is 0 Å². The van der Waals surface area contributed by atoms with Crippen molar-refractivity contribution in [1.29, 1.82) is 0 Å². The van der Waals surface area contributed by atoms with E-state index in [1.165, 1.54) is 0 Å². The minimum atomic E-state index is -0.161. The minimum absolute atomic E-state index is 0.161. The van der Waals surface area contributed by atoms with E-state index in [9.17, 15) is 4.79 Å². The highest BCUT2D eigenvalue weighted by Crippen LogP contribution is 2.09. The Labute approximate surface area is 125 Å². The topological polar surface area (TPSA) is 89.7 Å². The summed E-state index contributed by atoms with van der Waals surface area (Å²) in [4.78, 5) is 18.3. The Bertz CT molecular complexity index is 418. The molecule has 1 aromatic heterocycles. The molecule has 118 valence electrons. The Hall–Kier alpha value is -1.70. The zero-order valence-electron chi connectivity index (χ0n) is 12.7. The Balaban J connectivity index is 2.71. The normalized spacial score (nSPS) is 10.4. The predicted octanol–water partition coefficient (Wildman–Crippen LogP) is 0.882. The second-order valence-corrected chi connectivity index (χ2v) is 4.26. The van der Waals surface area contributed by atoms with Crippen molar-refractivity contribution < 1.29 is 14.3 Å². The number of carbonyl (C=O) groups excluding carboxylic acids is 1. The average Bonchev–Trinajstić information content (AvgIpc) is 2.53. The van der Waals surface area contributed by atoms with Crippen LogP contribution in [0.15, 0.2) is 18.3 Å². The molecule has 0 radical (unpaired) electrons. The molecule has 0 fully saturated rings. The third kappa shape index (κ3) is 6.07. The number of hydrazine groups is 1. The molecule has 0 aliphatic carbocycles. The van der Waals surface area contributed by atoms with Crippen molar-refractivity contribution >= 4 is 11.6 Å². The maximum atomic E-state index is 12.5. The number of ether oxygens (including phenoxy) is 2. The SMILES string of the molecule is CCOCCN(CCOCC)C(=O)c1cc(NN)ccn1. The zero-order valence-corrected chi connectivity index (χ0v) is 12.7. The van der Waals surface area contributed by atoms with Crippen molar-refractivity contribution in [2.45, 2.75) is 13.8 Å². The lowest BCUT2D eigenvalue weighted by Gasteiger charge is -2.22. The molecule has 21 heavy (non-hydrogen) atoms. The summed E-state index contributed by atoms with van der Waals surface area (Å²) in [6, 6.07) is 3.32. The molecular weight excluding hydrogens is 272 g/mol. The Morgan fingerprint density at radius 3 is 2.43 bits per heavy atom. The lowest BCUT2D eigenvalue weighted by Crippen LogP contribution is -2.37. The molecule has 0 unspecified atom stereocenters. The molecule has 0 aliphatic rings. The first-order chi connectivity index (χ1) is 10.2. The van der Waals surface area contributed by atoms with Gasteiger partial charge in [0.05, 0.1) is 18.9 Å². The first kappa shape index (κ1) is 17.4. The molecule has 7 heteroatoms. The van der Waals surface area contributed by atoms with E-state index in [-0.39, 0.29) is 5.91 Å². The molecule has 0 aliphatic heterocycles. The van der Waals surface area contributed by atoms with Gasteiger partial charge in [-0.25, -0.2) is 0 Å². The van der Waals surface area contributed by atoms with Gasteiger partial charge in [-0.1, -0.05) is 0 Å². The Morgan fingerprint density at radius 1 is 1.29 bits per heavy atom. The maximum absolute atomic E-state index is 12.5. The number of nitrogen functional groups attached to an aromatic ring is 1. The largest absolute Gasteiger partial charge is 0.380 e. The monoisotopic (exact) mass is 296 g/mol. The quantitative estimate of drug-likeness (QED) is 0.378. The summed E-state index contributed by atoms with van der Waals surface area (Å²) in [6.45, 7) is 7.07. The predicted molar refractivity (Wildman–Crippen MR) is 80.9 cm³/mol. The molecule has 0 bridgehead atoms. The van der Waals surface area contributed by atoms with Crippen LogP contribution < -0.4 is 11.3 Å². The van der Waals surface area contributed by atoms with E-state index < -0.39 is 0 Å². The number of hydrogen-bond acceptors (Lipinski definition) is 6. The number of hydrogen-bond donors (Lipinski definition) is 2. The van der Waals surface area contributed by atoms with Crippen LogP contribution in [0.5, 0.6) is 0 Å². The van der Waals surface area contributed by atoms with Crippen molar-refractivity contribution in [3.63, 3.8) is 0 Å². The fourth-order valence-electron chi connectivity index (χ4n) is 1.75. The lowest BCUT2D eigenvalue weighted by atomic mass is 10.3. The van der Waals surface area contributed by atoms with Gasteiger partial charge in [0.25, 0.3) is 5.91 Å². The Morgan fingerprint density at radius 2 is 1.90 bits per heavy atom. The first-order valence-corrected chi connectivity index (χ1v) is 7.10. The zero-order chi connectivity index (χ0) is 15.5. The van der Waals surface area contributed by atoms with Crippen LogP contribution in [0.3, 0.4) is 0 Å². The maximum Gasteiger partial charge on any atom is 0.272 e. The average molecular weight is 296 g/mol. The molecule has 1 rings (SSSR count). The number of carbonyl (C=O) groups is 1. The standard InChI is InChI=1S/C14H24N4O3/c1-3-20-9-7-18(8-10-21-4-2)14(19)13-11-12(17-15)5-6-16-13/h5-6,11H,3-4,7-10,15H2,1-2H3,(H,16,17). The van der Waals surface area contributed by atoms with Crippen LogP contribution in [0.1, 0.15) is 24.3 Å². The summed E-state index contributed by atoms with van der Waals surface area (Å²) in [5, 5.41) is 0. The van der Waals surface area contributed by atoms with Crippen molar-refractivity contribution in [1.82, 2.24) is 9.88 Å². The van der Waals surface area contributed by atoms with Gasteiger partial charge in [-0.3, -0.25) is 15.6 Å². The van der Waals surface area contributed by atoms with E-state index in [0.717, 1.165) is 0 Å². The minimum Gasteiger partial charge on any atom is -0.380 e. The van der Waals surface area contributed by atoms with E-state index in [1.807, 2.05) is 13.8 Å². The summed E-state index contributed by atoms with van der Waals surface area (Å²) in [5.74, 6) is 5.19. The van der Waals surface area contributed by atoms with Gasteiger partial charge in [0.2, 0.25) is 0 Å². The van der Waals surface area contributed by atoms with Gasteiger partial charge >= 0.3 is 0 Å². The van der Waals surface area contributed by atoms with Crippen molar-refractivity contribution in [3.8, 4) is 0 Å². The fourth-order valence-corrected chi connectivity index (χ4v) is 1.75. The lowest BCUT2D eigenvalue weighted by molar-refractivity contribution is 0.0545. The molecule has 0 saturated heterocycles.